The van der Waals surface area contributed by atoms with Crippen LogP contribution in [0.2, 0.25) is 5.28 Å². The summed E-state index contributed by atoms with van der Waals surface area (Å²) in [6, 6.07) is -0.345. The third-order valence-corrected chi connectivity index (χ3v) is 2.25. The molecule has 19 heavy (non-hydrogen) atoms. The molecular weight excluding hydrogens is 270 g/mol. The fourth-order valence-electron chi connectivity index (χ4n) is 1.30. The van der Waals surface area contributed by atoms with Crippen molar-refractivity contribution in [2.24, 2.45) is 0 Å². The van der Waals surface area contributed by atoms with Gasteiger partial charge in [0.25, 0.3) is 0 Å². The van der Waals surface area contributed by atoms with Crippen molar-refractivity contribution in [3.8, 4) is 6.01 Å². The molecule has 0 saturated heterocycles. The Morgan fingerprint density at radius 1 is 1.26 bits per heavy atom. The average Bonchev–Trinajstić information content (AvgIpc) is 2.25. The van der Waals surface area contributed by atoms with Gasteiger partial charge in [0.15, 0.2) is 0 Å². The van der Waals surface area contributed by atoms with E-state index in [9.17, 15) is 4.79 Å². The van der Waals surface area contributed by atoms with E-state index in [-0.39, 0.29) is 29.3 Å². The standard InChI is InChI=1S/C11H18ClN5O2/c1-6(2)19-11-15-9(12)14-10(16-11)13-7(3)8(18)17(4)5/h6-7H,1-5H3,(H,13,14,15,16). The van der Waals surface area contributed by atoms with Crippen LogP contribution in [0.15, 0.2) is 0 Å². The molecule has 1 N–H and O–H groups in total. The molecule has 1 rings (SSSR count). The molecule has 8 heteroatoms. The van der Waals surface area contributed by atoms with E-state index in [1.807, 2.05) is 13.8 Å². The molecule has 0 radical (unpaired) electrons. The molecule has 0 saturated carbocycles. The van der Waals surface area contributed by atoms with Crippen LogP contribution in [0, 0.1) is 0 Å². The summed E-state index contributed by atoms with van der Waals surface area (Å²) in [5.74, 6) is 0.112. The number of nitrogens with zero attached hydrogens (tertiary/aromatic N) is 4. The molecular formula is C11H18ClN5O2. The number of hydrogen-bond acceptors (Lipinski definition) is 6. The van der Waals surface area contributed by atoms with Crippen molar-refractivity contribution in [2.45, 2.75) is 32.9 Å². The van der Waals surface area contributed by atoms with Crippen LogP contribution in [-0.4, -0.2) is 52.0 Å². The zero-order chi connectivity index (χ0) is 14.6. The minimum Gasteiger partial charge on any atom is -0.461 e. The van der Waals surface area contributed by atoms with Gasteiger partial charge in [-0.3, -0.25) is 4.79 Å². The van der Waals surface area contributed by atoms with Crippen molar-refractivity contribution in [3.63, 3.8) is 0 Å². The SMILES string of the molecule is CC(C)Oc1nc(Cl)nc(NC(C)C(=O)N(C)C)n1. The third-order valence-electron chi connectivity index (χ3n) is 2.09. The molecule has 1 aromatic rings. The number of anilines is 1. The third kappa shape index (κ3) is 4.86. The van der Waals surface area contributed by atoms with Crippen LogP contribution in [0.5, 0.6) is 6.01 Å². The van der Waals surface area contributed by atoms with Crippen LogP contribution in [0.3, 0.4) is 0 Å². The first-order valence-corrected chi connectivity index (χ1v) is 6.23. The number of nitrogens with one attached hydrogen (secondary N) is 1. The number of likely N-dealkylation sites (N-methyl/N-ethyl adjacent to an activating group) is 1. The zero-order valence-electron chi connectivity index (χ0n) is 11.6. The van der Waals surface area contributed by atoms with Gasteiger partial charge in [-0.25, -0.2) is 0 Å². The number of amides is 1. The van der Waals surface area contributed by atoms with Crippen molar-refractivity contribution in [1.29, 1.82) is 0 Å². The second-order valence-corrected chi connectivity index (χ2v) is 4.81. The Bertz CT molecular complexity index is 453. The van der Waals surface area contributed by atoms with Gasteiger partial charge in [0, 0.05) is 14.1 Å². The summed E-state index contributed by atoms with van der Waals surface area (Å²) >= 11 is 5.78. The van der Waals surface area contributed by atoms with Crippen molar-refractivity contribution < 1.29 is 9.53 Å². The van der Waals surface area contributed by atoms with E-state index in [0.29, 0.717) is 0 Å². The van der Waals surface area contributed by atoms with Crippen molar-refractivity contribution in [1.82, 2.24) is 19.9 Å². The Labute approximate surface area is 117 Å². The maximum Gasteiger partial charge on any atom is 0.322 e. The zero-order valence-corrected chi connectivity index (χ0v) is 12.4. The molecule has 1 atom stereocenters. The topological polar surface area (TPSA) is 80.2 Å². The maximum atomic E-state index is 11.7. The smallest absolute Gasteiger partial charge is 0.322 e. The van der Waals surface area contributed by atoms with Crippen molar-refractivity contribution >= 4 is 23.5 Å². The number of carbonyl (C=O) groups is 1. The van der Waals surface area contributed by atoms with E-state index in [1.54, 1.807) is 21.0 Å². The molecule has 0 aliphatic heterocycles. The molecule has 0 aromatic carbocycles. The summed E-state index contributed by atoms with van der Waals surface area (Å²) in [6.45, 7) is 5.41. The molecule has 1 aromatic heterocycles. The molecule has 0 fully saturated rings. The van der Waals surface area contributed by atoms with Gasteiger partial charge in [0.05, 0.1) is 6.10 Å². The Morgan fingerprint density at radius 2 is 1.89 bits per heavy atom. The van der Waals surface area contributed by atoms with Crippen LogP contribution in [0.25, 0.3) is 0 Å². The van der Waals surface area contributed by atoms with E-state index in [2.05, 4.69) is 20.3 Å². The Morgan fingerprint density at radius 3 is 2.42 bits per heavy atom. The molecule has 106 valence electrons. The summed E-state index contributed by atoms with van der Waals surface area (Å²) in [6.07, 6.45) is -0.0767. The first-order valence-electron chi connectivity index (χ1n) is 5.85. The van der Waals surface area contributed by atoms with Crippen LogP contribution < -0.4 is 10.1 Å². The number of rotatable bonds is 5. The van der Waals surface area contributed by atoms with Gasteiger partial charge in [-0.05, 0) is 32.4 Å². The van der Waals surface area contributed by atoms with Gasteiger partial charge in [-0.15, -0.1) is 0 Å². The first kappa shape index (κ1) is 15.4. The second-order valence-electron chi connectivity index (χ2n) is 4.48. The molecule has 0 aliphatic rings. The number of ether oxygens (including phenoxy) is 1. The number of carbonyl (C=O) groups excluding carboxylic acids is 1. The maximum absolute atomic E-state index is 11.7. The second kappa shape index (κ2) is 6.51. The first-order chi connectivity index (χ1) is 8.79. The lowest BCUT2D eigenvalue weighted by molar-refractivity contribution is -0.129. The van der Waals surface area contributed by atoms with E-state index in [1.165, 1.54) is 4.90 Å². The van der Waals surface area contributed by atoms with Crippen LogP contribution in [-0.2, 0) is 4.79 Å². The predicted octanol–water partition coefficient (Wildman–Crippen LogP) is 1.20. The highest BCUT2D eigenvalue weighted by atomic mass is 35.5. The quantitative estimate of drug-likeness (QED) is 0.876. The summed E-state index contributed by atoms with van der Waals surface area (Å²) < 4.78 is 5.34. The monoisotopic (exact) mass is 287 g/mol. The van der Waals surface area contributed by atoms with E-state index >= 15 is 0 Å². The van der Waals surface area contributed by atoms with E-state index in [4.69, 9.17) is 16.3 Å². The van der Waals surface area contributed by atoms with Gasteiger partial charge >= 0.3 is 6.01 Å². The van der Waals surface area contributed by atoms with Gasteiger partial charge in [0.2, 0.25) is 17.1 Å². The Hall–Kier alpha value is -1.63. The highest BCUT2D eigenvalue weighted by Crippen LogP contribution is 2.13. The lowest BCUT2D eigenvalue weighted by Gasteiger charge is -2.18. The molecule has 0 bridgehead atoms. The predicted molar refractivity (Wildman–Crippen MR) is 72.4 cm³/mol. The molecule has 0 spiro atoms. The van der Waals surface area contributed by atoms with Gasteiger partial charge in [-0.2, -0.15) is 15.0 Å². The average molecular weight is 288 g/mol. The molecule has 1 amide bonds. The van der Waals surface area contributed by atoms with Crippen molar-refractivity contribution in [2.75, 3.05) is 19.4 Å². The summed E-state index contributed by atoms with van der Waals surface area (Å²) in [5, 5.41) is 2.87. The van der Waals surface area contributed by atoms with Crippen LogP contribution >= 0.6 is 11.6 Å². The Balaban J connectivity index is 2.83. The minimum absolute atomic E-state index is 0.0117. The highest BCUT2D eigenvalue weighted by Gasteiger charge is 2.17. The van der Waals surface area contributed by atoms with Crippen LogP contribution in [0.1, 0.15) is 20.8 Å². The largest absolute Gasteiger partial charge is 0.461 e. The lowest BCUT2D eigenvalue weighted by Crippen LogP contribution is -2.37. The lowest BCUT2D eigenvalue weighted by atomic mass is 10.3. The molecule has 1 unspecified atom stereocenters. The van der Waals surface area contributed by atoms with Gasteiger partial charge in [-0.1, -0.05) is 0 Å². The summed E-state index contributed by atoms with van der Waals surface area (Å²) in [4.78, 5) is 25.0. The number of halogens is 1. The van der Waals surface area contributed by atoms with Crippen LogP contribution in [0.4, 0.5) is 5.95 Å². The summed E-state index contributed by atoms with van der Waals surface area (Å²) in [5.41, 5.74) is 0. The normalized spacial score (nSPS) is 12.2. The molecule has 0 aliphatic carbocycles. The number of hydrogen-bond donors (Lipinski definition) is 1. The molecule has 7 nitrogen and oxygen atoms in total. The van der Waals surface area contributed by atoms with Gasteiger partial charge in [0.1, 0.15) is 6.04 Å². The number of aromatic nitrogens is 3. The minimum atomic E-state index is -0.472. The fraction of sp³-hybridized carbons (Fsp3) is 0.636. The summed E-state index contributed by atoms with van der Waals surface area (Å²) in [7, 11) is 3.35. The Kier molecular flexibility index (Phi) is 5.29. The molecule has 1 heterocycles. The van der Waals surface area contributed by atoms with Gasteiger partial charge < -0.3 is 15.0 Å². The van der Waals surface area contributed by atoms with E-state index in [0.717, 1.165) is 0 Å². The highest BCUT2D eigenvalue weighted by molar-refractivity contribution is 6.28. The van der Waals surface area contributed by atoms with E-state index < -0.39 is 6.04 Å². The fourth-order valence-corrected chi connectivity index (χ4v) is 1.46. The van der Waals surface area contributed by atoms with Crippen molar-refractivity contribution in [3.05, 3.63) is 5.28 Å².